The minimum Gasteiger partial charge on any atom is -0.493 e. The zero-order valence-corrected chi connectivity index (χ0v) is 18.1. The first-order valence-corrected chi connectivity index (χ1v) is 10.7. The van der Waals surface area contributed by atoms with Crippen LogP contribution in [0.25, 0.3) is 11.0 Å². The maximum absolute atomic E-state index is 11.7. The maximum Gasteiger partial charge on any atom is 0.243 e. The molecule has 0 aliphatic rings. The molecule has 0 saturated carbocycles. The maximum atomic E-state index is 11.7. The van der Waals surface area contributed by atoms with Gasteiger partial charge in [-0.3, -0.25) is 4.79 Å². The Bertz CT molecular complexity index is 1000. The molecule has 3 rings (SSSR count). The number of rotatable bonds is 10. The number of benzene rings is 2. The van der Waals surface area contributed by atoms with Crippen LogP contribution in [0, 0.1) is 0 Å². The number of ether oxygens (including phenoxy) is 1. The highest BCUT2D eigenvalue weighted by molar-refractivity contribution is 5.87. The second-order valence-corrected chi connectivity index (χ2v) is 7.60. The van der Waals surface area contributed by atoms with E-state index in [2.05, 4.69) is 41.9 Å². The summed E-state index contributed by atoms with van der Waals surface area (Å²) in [5.74, 6) is 2.31. The summed E-state index contributed by atoms with van der Waals surface area (Å²) in [4.78, 5) is 16.5. The van der Waals surface area contributed by atoms with Crippen molar-refractivity contribution in [3.8, 4) is 5.75 Å². The number of nitrogens with one attached hydrogen (secondary N) is 1. The predicted molar refractivity (Wildman–Crippen MR) is 122 cm³/mol. The van der Waals surface area contributed by atoms with Crippen LogP contribution in [0.3, 0.4) is 0 Å². The van der Waals surface area contributed by atoms with E-state index in [0.717, 1.165) is 35.6 Å². The highest BCUT2D eigenvalue weighted by Crippen LogP contribution is 2.26. The molecule has 0 fully saturated rings. The lowest BCUT2D eigenvalue weighted by Crippen LogP contribution is -2.24. The lowest BCUT2D eigenvalue weighted by atomic mass is 10.0. The van der Waals surface area contributed by atoms with E-state index in [4.69, 9.17) is 9.72 Å². The van der Waals surface area contributed by atoms with Crippen molar-refractivity contribution < 1.29 is 9.53 Å². The number of fused-ring (bicyclic) bond motifs is 1. The second kappa shape index (κ2) is 10.6. The molecule has 1 heterocycles. The SMILES string of the molecule is C/C=C/C(=O)NCCc1nc2ccccc2n1CCCOc1ccccc1C(C)C. The van der Waals surface area contributed by atoms with Gasteiger partial charge in [-0.2, -0.15) is 0 Å². The van der Waals surface area contributed by atoms with Crippen molar-refractivity contribution in [2.75, 3.05) is 13.2 Å². The fourth-order valence-corrected chi connectivity index (χ4v) is 3.57. The van der Waals surface area contributed by atoms with Crippen LogP contribution in [0.1, 0.15) is 44.5 Å². The van der Waals surface area contributed by atoms with E-state index in [0.29, 0.717) is 25.5 Å². The van der Waals surface area contributed by atoms with E-state index in [1.54, 1.807) is 6.08 Å². The molecule has 158 valence electrons. The van der Waals surface area contributed by atoms with Crippen LogP contribution in [0.15, 0.2) is 60.7 Å². The molecule has 5 nitrogen and oxygen atoms in total. The summed E-state index contributed by atoms with van der Waals surface area (Å²) in [6, 6.07) is 16.4. The van der Waals surface area contributed by atoms with Gasteiger partial charge >= 0.3 is 0 Å². The Balaban J connectivity index is 1.64. The summed E-state index contributed by atoms with van der Waals surface area (Å²) >= 11 is 0. The molecule has 0 aliphatic carbocycles. The fraction of sp³-hybridized carbons (Fsp3) is 0.360. The number of hydrogen-bond donors (Lipinski definition) is 1. The van der Waals surface area contributed by atoms with Gasteiger partial charge in [-0.15, -0.1) is 0 Å². The Morgan fingerprint density at radius 1 is 1.17 bits per heavy atom. The summed E-state index contributed by atoms with van der Waals surface area (Å²) in [6.45, 7) is 8.23. The van der Waals surface area contributed by atoms with Crippen molar-refractivity contribution in [2.24, 2.45) is 0 Å². The lowest BCUT2D eigenvalue weighted by Gasteiger charge is -2.14. The van der Waals surface area contributed by atoms with Crippen LogP contribution in [-0.2, 0) is 17.8 Å². The highest BCUT2D eigenvalue weighted by atomic mass is 16.5. The molecule has 30 heavy (non-hydrogen) atoms. The Morgan fingerprint density at radius 2 is 1.93 bits per heavy atom. The zero-order chi connectivity index (χ0) is 21.3. The number of carbonyl (C=O) groups excluding carboxylic acids is 1. The number of allylic oxidation sites excluding steroid dienone is 1. The molecule has 0 bridgehead atoms. The largest absolute Gasteiger partial charge is 0.493 e. The molecule has 2 aromatic carbocycles. The van der Waals surface area contributed by atoms with Crippen LogP contribution >= 0.6 is 0 Å². The number of aryl methyl sites for hydroxylation is 1. The van der Waals surface area contributed by atoms with Crippen LogP contribution < -0.4 is 10.1 Å². The van der Waals surface area contributed by atoms with Gasteiger partial charge in [0.25, 0.3) is 0 Å². The van der Waals surface area contributed by atoms with Gasteiger partial charge in [-0.1, -0.05) is 50.3 Å². The second-order valence-electron chi connectivity index (χ2n) is 7.60. The van der Waals surface area contributed by atoms with Gasteiger partial charge in [0.2, 0.25) is 5.91 Å². The van der Waals surface area contributed by atoms with Crippen molar-refractivity contribution in [1.29, 1.82) is 0 Å². The van der Waals surface area contributed by atoms with Gasteiger partial charge in [0.15, 0.2) is 0 Å². The monoisotopic (exact) mass is 405 g/mol. The summed E-state index contributed by atoms with van der Waals surface area (Å²) in [5, 5.41) is 2.91. The number of imidazole rings is 1. The molecule has 0 spiro atoms. The molecule has 0 saturated heterocycles. The average Bonchev–Trinajstić information content (AvgIpc) is 3.09. The third-order valence-electron chi connectivity index (χ3n) is 5.02. The molecule has 0 unspecified atom stereocenters. The molecule has 1 N–H and O–H groups in total. The fourth-order valence-electron chi connectivity index (χ4n) is 3.57. The smallest absolute Gasteiger partial charge is 0.243 e. The average molecular weight is 406 g/mol. The lowest BCUT2D eigenvalue weighted by molar-refractivity contribution is -0.116. The molecular formula is C25H31N3O2. The first-order chi connectivity index (χ1) is 14.6. The van der Waals surface area contributed by atoms with Crippen molar-refractivity contribution in [3.05, 3.63) is 72.1 Å². The van der Waals surface area contributed by atoms with Crippen molar-refractivity contribution in [3.63, 3.8) is 0 Å². The molecule has 0 atom stereocenters. The zero-order valence-electron chi connectivity index (χ0n) is 18.1. The standard InChI is InChI=1S/C25H31N3O2/c1-4-10-25(29)26-16-15-24-27-21-12-6-7-13-22(21)28(24)17-9-18-30-23-14-8-5-11-20(23)19(2)3/h4-8,10-14,19H,9,15-18H2,1-3H3,(H,26,29)/b10-4+. The van der Waals surface area contributed by atoms with Crippen LogP contribution in [0.4, 0.5) is 0 Å². The number of amides is 1. The van der Waals surface area contributed by atoms with E-state index in [9.17, 15) is 4.79 Å². The molecular weight excluding hydrogens is 374 g/mol. The van der Waals surface area contributed by atoms with Gasteiger partial charge in [0.1, 0.15) is 11.6 Å². The minimum atomic E-state index is -0.0719. The molecule has 0 radical (unpaired) electrons. The summed E-state index contributed by atoms with van der Waals surface area (Å²) in [6.07, 6.45) is 4.84. The molecule has 1 aromatic heterocycles. The quantitative estimate of drug-likeness (QED) is 0.387. The van der Waals surface area contributed by atoms with E-state index < -0.39 is 0 Å². The van der Waals surface area contributed by atoms with Crippen LogP contribution in [0.2, 0.25) is 0 Å². The number of aromatic nitrogens is 2. The van der Waals surface area contributed by atoms with Crippen LogP contribution in [-0.4, -0.2) is 28.6 Å². The molecule has 1 amide bonds. The summed E-state index contributed by atoms with van der Waals surface area (Å²) < 4.78 is 8.33. The molecule has 5 heteroatoms. The Hall–Kier alpha value is -3.08. The van der Waals surface area contributed by atoms with E-state index in [1.165, 1.54) is 11.6 Å². The summed E-state index contributed by atoms with van der Waals surface area (Å²) in [7, 11) is 0. The van der Waals surface area contributed by atoms with Crippen molar-refractivity contribution >= 4 is 16.9 Å². The highest BCUT2D eigenvalue weighted by Gasteiger charge is 2.11. The van der Waals surface area contributed by atoms with E-state index in [-0.39, 0.29) is 5.91 Å². The predicted octanol–water partition coefficient (Wildman–Crippen LogP) is 4.86. The normalized spacial score (nSPS) is 11.5. The third kappa shape index (κ3) is 5.50. The number of para-hydroxylation sites is 3. The van der Waals surface area contributed by atoms with Crippen molar-refractivity contribution in [1.82, 2.24) is 14.9 Å². The Kier molecular flexibility index (Phi) is 7.66. The topological polar surface area (TPSA) is 56.2 Å². The molecule has 3 aromatic rings. The minimum absolute atomic E-state index is 0.0719. The van der Waals surface area contributed by atoms with Gasteiger partial charge in [0, 0.05) is 19.5 Å². The third-order valence-corrected chi connectivity index (χ3v) is 5.02. The first-order valence-electron chi connectivity index (χ1n) is 10.7. The number of carbonyl (C=O) groups is 1. The molecule has 0 aliphatic heterocycles. The Labute approximate surface area is 178 Å². The van der Waals surface area contributed by atoms with Crippen molar-refractivity contribution in [2.45, 2.75) is 46.1 Å². The van der Waals surface area contributed by atoms with Gasteiger partial charge in [-0.05, 0) is 49.1 Å². The Morgan fingerprint density at radius 3 is 2.73 bits per heavy atom. The van der Waals surface area contributed by atoms with Gasteiger partial charge < -0.3 is 14.6 Å². The van der Waals surface area contributed by atoms with Gasteiger partial charge in [0.05, 0.1) is 17.6 Å². The van der Waals surface area contributed by atoms with E-state index in [1.807, 2.05) is 37.3 Å². The summed E-state index contributed by atoms with van der Waals surface area (Å²) in [5.41, 5.74) is 3.34. The van der Waals surface area contributed by atoms with E-state index >= 15 is 0 Å². The van der Waals surface area contributed by atoms with Crippen LogP contribution in [0.5, 0.6) is 5.75 Å². The number of hydrogen-bond acceptors (Lipinski definition) is 3. The van der Waals surface area contributed by atoms with Gasteiger partial charge in [-0.25, -0.2) is 4.98 Å². The first kappa shape index (κ1) is 21.6. The number of nitrogens with zero attached hydrogens (tertiary/aromatic N) is 2.